The van der Waals surface area contributed by atoms with Crippen LogP contribution in [0, 0.1) is 0 Å². The Labute approximate surface area is 160 Å². The summed E-state index contributed by atoms with van der Waals surface area (Å²) in [6, 6.07) is 14.9. The molecule has 0 aliphatic heterocycles. The summed E-state index contributed by atoms with van der Waals surface area (Å²) in [6.45, 7) is 3.38. The van der Waals surface area contributed by atoms with Crippen LogP contribution in [0.2, 0.25) is 0 Å². The van der Waals surface area contributed by atoms with Crippen LogP contribution in [0.3, 0.4) is 0 Å². The van der Waals surface area contributed by atoms with Crippen molar-refractivity contribution in [2.75, 3.05) is 0 Å². The minimum Gasteiger partial charge on any atom is -0.478 e. The van der Waals surface area contributed by atoms with Crippen LogP contribution in [-0.2, 0) is 10.0 Å². The zero-order valence-corrected chi connectivity index (χ0v) is 16.4. The van der Waals surface area contributed by atoms with E-state index < -0.39 is 21.2 Å². The highest BCUT2D eigenvalue weighted by atomic mass is 32.2. The van der Waals surface area contributed by atoms with Crippen molar-refractivity contribution >= 4 is 16.0 Å². The molecule has 5 nitrogen and oxygen atoms in total. The monoisotopic (exact) mass is 387 g/mol. The molecule has 1 aliphatic rings. The third-order valence-electron chi connectivity index (χ3n) is 5.26. The number of aromatic carboxylic acids is 1. The molecule has 2 N–H and O–H groups in total. The van der Waals surface area contributed by atoms with Crippen molar-refractivity contribution < 1.29 is 18.3 Å². The van der Waals surface area contributed by atoms with Crippen LogP contribution in [0.1, 0.15) is 54.9 Å². The lowest BCUT2D eigenvalue weighted by atomic mass is 9.92. The third kappa shape index (κ3) is 4.39. The van der Waals surface area contributed by atoms with Gasteiger partial charge in [0.1, 0.15) is 0 Å². The van der Waals surface area contributed by atoms with Gasteiger partial charge in [0, 0.05) is 12.0 Å². The summed E-state index contributed by atoms with van der Waals surface area (Å²) >= 11 is 0. The van der Waals surface area contributed by atoms with E-state index in [1.807, 2.05) is 24.3 Å². The van der Waals surface area contributed by atoms with Gasteiger partial charge >= 0.3 is 5.97 Å². The third-order valence-corrected chi connectivity index (χ3v) is 7.13. The smallest absolute Gasteiger partial charge is 0.335 e. The Balaban J connectivity index is 1.77. The largest absolute Gasteiger partial charge is 0.478 e. The first-order valence-corrected chi connectivity index (χ1v) is 10.8. The van der Waals surface area contributed by atoms with Crippen molar-refractivity contribution in [3.05, 3.63) is 59.7 Å². The zero-order chi connectivity index (χ0) is 19.6. The number of sulfonamides is 1. The fourth-order valence-electron chi connectivity index (χ4n) is 3.58. The summed E-state index contributed by atoms with van der Waals surface area (Å²) in [5, 5.41) is 8.56. The van der Waals surface area contributed by atoms with Gasteiger partial charge < -0.3 is 5.11 Å². The average molecular weight is 388 g/mol. The SMILES string of the molecule is CC(C)S(=O)(=O)N[C@H]1CCC[C@H]1c1ccc(-c2ccc(C(=O)O)cc2)cc1. The second-order valence-corrected chi connectivity index (χ2v) is 9.63. The molecular weight excluding hydrogens is 362 g/mol. The Bertz CT molecular complexity index is 902. The van der Waals surface area contributed by atoms with Gasteiger partial charge in [-0.25, -0.2) is 17.9 Å². The van der Waals surface area contributed by atoms with E-state index in [0.29, 0.717) is 0 Å². The van der Waals surface area contributed by atoms with Crippen molar-refractivity contribution in [3.8, 4) is 11.1 Å². The van der Waals surface area contributed by atoms with Crippen LogP contribution < -0.4 is 4.72 Å². The number of hydrogen-bond acceptors (Lipinski definition) is 3. The molecule has 2 aromatic carbocycles. The van der Waals surface area contributed by atoms with Gasteiger partial charge in [-0.15, -0.1) is 0 Å². The molecule has 2 aromatic rings. The number of nitrogens with one attached hydrogen (secondary N) is 1. The number of carbonyl (C=O) groups is 1. The van der Waals surface area contributed by atoms with E-state index >= 15 is 0 Å². The summed E-state index contributed by atoms with van der Waals surface area (Å²) in [5.74, 6) is -0.755. The molecule has 6 heteroatoms. The second-order valence-electron chi connectivity index (χ2n) is 7.36. The summed E-state index contributed by atoms with van der Waals surface area (Å²) in [6.07, 6.45) is 2.83. The lowest BCUT2D eigenvalue weighted by molar-refractivity contribution is 0.0697. The molecule has 1 saturated carbocycles. The minimum absolute atomic E-state index is 0.0573. The Morgan fingerprint density at radius 1 is 1.00 bits per heavy atom. The Hall–Kier alpha value is -2.18. The number of benzene rings is 2. The number of hydrogen-bond donors (Lipinski definition) is 2. The van der Waals surface area contributed by atoms with E-state index in [9.17, 15) is 13.2 Å². The molecule has 0 saturated heterocycles. The number of carboxylic acid groups (broad SMARTS) is 1. The molecule has 3 rings (SSSR count). The van der Waals surface area contributed by atoms with Crippen molar-refractivity contribution in [1.29, 1.82) is 0 Å². The summed E-state index contributed by atoms with van der Waals surface area (Å²) in [5.41, 5.74) is 3.36. The molecule has 27 heavy (non-hydrogen) atoms. The average Bonchev–Trinajstić information content (AvgIpc) is 3.09. The topological polar surface area (TPSA) is 83.5 Å². The first-order valence-electron chi connectivity index (χ1n) is 9.23. The van der Waals surface area contributed by atoms with Gasteiger partial charge in [0.25, 0.3) is 0 Å². The normalized spacial score (nSPS) is 20.1. The standard InChI is InChI=1S/C21H25NO4S/c1-14(2)27(25,26)22-20-5-3-4-19(20)17-10-6-15(7-11-17)16-8-12-18(13-9-16)21(23)24/h6-14,19-20,22H,3-5H2,1-2H3,(H,23,24)/t19-,20-/m0/s1. The van der Waals surface area contributed by atoms with Gasteiger partial charge in [-0.3, -0.25) is 0 Å². The molecule has 144 valence electrons. The fraction of sp³-hybridized carbons (Fsp3) is 0.381. The molecule has 1 aliphatic carbocycles. The van der Waals surface area contributed by atoms with Crippen LogP contribution in [0.5, 0.6) is 0 Å². The highest BCUT2D eigenvalue weighted by Gasteiger charge is 2.32. The second kappa shape index (κ2) is 7.82. The van der Waals surface area contributed by atoms with Crippen molar-refractivity contribution in [3.63, 3.8) is 0 Å². The van der Waals surface area contributed by atoms with Gasteiger partial charge in [0.2, 0.25) is 10.0 Å². The molecule has 0 spiro atoms. The van der Waals surface area contributed by atoms with E-state index in [1.54, 1.807) is 38.1 Å². The fourth-order valence-corrected chi connectivity index (χ4v) is 4.55. The minimum atomic E-state index is -3.28. The van der Waals surface area contributed by atoms with E-state index in [0.717, 1.165) is 36.0 Å². The lowest BCUT2D eigenvalue weighted by Gasteiger charge is -2.23. The van der Waals surface area contributed by atoms with E-state index in [-0.39, 0.29) is 17.5 Å². The summed E-state index contributed by atoms with van der Waals surface area (Å²) in [4.78, 5) is 11.0. The van der Waals surface area contributed by atoms with Crippen LogP contribution in [0.4, 0.5) is 0 Å². The molecule has 0 heterocycles. The Kier molecular flexibility index (Phi) is 5.67. The maximum Gasteiger partial charge on any atom is 0.335 e. The van der Waals surface area contributed by atoms with E-state index in [2.05, 4.69) is 4.72 Å². The molecule has 1 fully saturated rings. The quantitative estimate of drug-likeness (QED) is 0.784. The molecule has 0 radical (unpaired) electrons. The Morgan fingerprint density at radius 3 is 2.07 bits per heavy atom. The van der Waals surface area contributed by atoms with Crippen LogP contribution in [-0.4, -0.2) is 30.8 Å². The highest BCUT2D eigenvalue weighted by Crippen LogP contribution is 2.36. The molecular formula is C21H25NO4S. The maximum absolute atomic E-state index is 12.2. The maximum atomic E-state index is 12.2. The van der Waals surface area contributed by atoms with Gasteiger partial charge in [-0.1, -0.05) is 42.8 Å². The van der Waals surface area contributed by atoms with E-state index in [4.69, 9.17) is 5.11 Å². The van der Waals surface area contributed by atoms with Gasteiger partial charge in [-0.05, 0) is 55.5 Å². The van der Waals surface area contributed by atoms with Crippen LogP contribution in [0.25, 0.3) is 11.1 Å². The first kappa shape index (κ1) is 19.6. The lowest BCUT2D eigenvalue weighted by Crippen LogP contribution is -2.40. The number of rotatable bonds is 6. The van der Waals surface area contributed by atoms with Crippen LogP contribution in [0.15, 0.2) is 48.5 Å². The van der Waals surface area contributed by atoms with Crippen molar-refractivity contribution in [1.82, 2.24) is 4.72 Å². The predicted octanol–water partition coefficient (Wildman–Crippen LogP) is 4.02. The number of carboxylic acids is 1. The van der Waals surface area contributed by atoms with Gasteiger partial charge in [0.05, 0.1) is 10.8 Å². The molecule has 0 bridgehead atoms. The first-order chi connectivity index (χ1) is 12.8. The summed E-state index contributed by atoms with van der Waals surface area (Å²) < 4.78 is 27.3. The van der Waals surface area contributed by atoms with Gasteiger partial charge in [0.15, 0.2) is 0 Å². The summed E-state index contributed by atoms with van der Waals surface area (Å²) in [7, 11) is -3.28. The zero-order valence-electron chi connectivity index (χ0n) is 15.6. The highest BCUT2D eigenvalue weighted by molar-refractivity contribution is 7.90. The van der Waals surface area contributed by atoms with Crippen molar-refractivity contribution in [2.45, 2.75) is 50.3 Å². The molecule has 0 amide bonds. The molecule has 2 atom stereocenters. The van der Waals surface area contributed by atoms with E-state index in [1.165, 1.54) is 0 Å². The van der Waals surface area contributed by atoms with Gasteiger partial charge in [-0.2, -0.15) is 0 Å². The Morgan fingerprint density at radius 2 is 1.56 bits per heavy atom. The van der Waals surface area contributed by atoms with Crippen molar-refractivity contribution in [2.24, 2.45) is 0 Å². The predicted molar refractivity (Wildman–Crippen MR) is 106 cm³/mol. The van der Waals surface area contributed by atoms with Crippen LogP contribution >= 0.6 is 0 Å². The molecule has 0 aromatic heterocycles. The molecule has 0 unspecified atom stereocenters.